The highest BCUT2D eigenvalue weighted by Gasteiger charge is 2.03. The van der Waals surface area contributed by atoms with Gasteiger partial charge in [0.25, 0.3) is 0 Å². The summed E-state index contributed by atoms with van der Waals surface area (Å²) < 4.78 is 5.49. The van der Waals surface area contributed by atoms with Crippen LogP contribution in [0.4, 0.5) is 0 Å². The van der Waals surface area contributed by atoms with Crippen LogP contribution in [-0.4, -0.2) is 10.1 Å². The lowest BCUT2D eigenvalue weighted by Gasteiger charge is -2.06. The first-order valence-electron chi connectivity index (χ1n) is 4.89. The lowest BCUT2D eigenvalue weighted by Crippen LogP contribution is -1.92. The van der Waals surface area contributed by atoms with Gasteiger partial charge in [0.15, 0.2) is 0 Å². The molecule has 0 atom stereocenters. The Balaban J connectivity index is 2.22. The Morgan fingerprint density at radius 3 is 2.65 bits per heavy atom. The summed E-state index contributed by atoms with van der Waals surface area (Å²) in [5, 5.41) is 9.84. The van der Waals surface area contributed by atoms with Crippen LogP contribution in [0.5, 0.6) is 11.6 Å². The van der Waals surface area contributed by atoms with Crippen molar-refractivity contribution >= 4 is 23.2 Å². The van der Waals surface area contributed by atoms with Crippen LogP contribution in [0.15, 0.2) is 36.4 Å². The second kappa shape index (κ2) is 5.36. The molecular formula is C12H9Cl2NO2. The Morgan fingerprint density at radius 2 is 1.94 bits per heavy atom. The Morgan fingerprint density at radius 1 is 1.12 bits per heavy atom. The molecule has 17 heavy (non-hydrogen) atoms. The second-order valence-electron chi connectivity index (χ2n) is 3.30. The molecule has 2 aromatic rings. The molecule has 0 bridgehead atoms. The molecule has 1 heterocycles. The molecule has 0 aliphatic carbocycles. The average Bonchev–Trinajstić information content (AvgIpc) is 2.34. The predicted octanol–water partition coefficient (Wildman–Crippen LogP) is 3.67. The van der Waals surface area contributed by atoms with E-state index in [9.17, 15) is 0 Å². The SMILES string of the molecule is OCc1cccc(Oc2ccc(Cl)c(Cl)c2)n1. The number of aliphatic hydroxyl groups excluding tert-OH is 1. The third-order valence-electron chi connectivity index (χ3n) is 2.06. The van der Waals surface area contributed by atoms with E-state index in [0.717, 1.165) is 0 Å². The molecule has 0 saturated carbocycles. The third-order valence-corrected chi connectivity index (χ3v) is 2.80. The van der Waals surface area contributed by atoms with E-state index in [2.05, 4.69) is 4.98 Å². The Kier molecular flexibility index (Phi) is 3.84. The van der Waals surface area contributed by atoms with Crippen molar-refractivity contribution in [1.82, 2.24) is 4.98 Å². The molecule has 0 radical (unpaired) electrons. The first-order valence-corrected chi connectivity index (χ1v) is 5.64. The standard InChI is InChI=1S/C12H9Cl2NO2/c13-10-5-4-9(6-11(10)14)17-12-3-1-2-8(7-16)15-12/h1-6,16H,7H2. The van der Waals surface area contributed by atoms with Crippen LogP contribution in [0.3, 0.4) is 0 Å². The van der Waals surface area contributed by atoms with Gasteiger partial charge in [0, 0.05) is 12.1 Å². The minimum absolute atomic E-state index is 0.126. The van der Waals surface area contributed by atoms with E-state index in [1.807, 2.05) is 0 Å². The fraction of sp³-hybridized carbons (Fsp3) is 0.0833. The van der Waals surface area contributed by atoms with Gasteiger partial charge in [0.1, 0.15) is 5.75 Å². The van der Waals surface area contributed by atoms with Gasteiger partial charge < -0.3 is 9.84 Å². The number of hydrogen-bond donors (Lipinski definition) is 1. The first-order chi connectivity index (χ1) is 8.19. The molecule has 0 unspecified atom stereocenters. The van der Waals surface area contributed by atoms with Crippen molar-refractivity contribution < 1.29 is 9.84 Å². The number of hydrogen-bond acceptors (Lipinski definition) is 3. The molecule has 0 saturated heterocycles. The fourth-order valence-corrected chi connectivity index (χ4v) is 1.55. The Labute approximate surface area is 109 Å². The lowest BCUT2D eigenvalue weighted by atomic mass is 10.3. The quantitative estimate of drug-likeness (QED) is 0.925. The molecule has 0 amide bonds. The van der Waals surface area contributed by atoms with Gasteiger partial charge in [-0.25, -0.2) is 4.98 Å². The second-order valence-corrected chi connectivity index (χ2v) is 4.12. The molecule has 0 aliphatic heterocycles. The number of aliphatic hydroxyl groups is 1. The molecule has 1 aromatic heterocycles. The van der Waals surface area contributed by atoms with Crippen molar-refractivity contribution in [2.75, 3.05) is 0 Å². The van der Waals surface area contributed by atoms with Crippen LogP contribution >= 0.6 is 23.2 Å². The summed E-state index contributed by atoms with van der Waals surface area (Å²) >= 11 is 11.7. The van der Waals surface area contributed by atoms with E-state index in [4.69, 9.17) is 33.0 Å². The summed E-state index contributed by atoms with van der Waals surface area (Å²) in [7, 11) is 0. The number of rotatable bonds is 3. The van der Waals surface area contributed by atoms with Gasteiger partial charge in [-0.05, 0) is 18.2 Å². The van der Waals surface area contributed by atoms with Gasteiger partial charge in [-0.15, -0.1) is 0 Å². The van der Waals surface area contributed by atoms with Gasteiger partial charge in [-0.2, -0.15) is 0 Å². The first kappa shape index (κ1) is 12.2. The van der Waals surface area contributed by atoms with Gasteiger partial charge in [0.2, 0.25) is 5.88 Å². The van der Waals surface area contributed by atoms with Gasteiger partial charge in [-0.3, -0.25) is 0 Å². The summed E-state index contributed by atoms with van der Waals surface area (Å²) in [4.78, 5) is 4.09. The van der Waals surface area contributed by atoms with Crippen LogP contribution in [0.25, 0.3) is 0 Å². The largest absolute Gasteiger partial charge is 0.439 e. The number of aromatic nitrogens is 1. The van der Waals surface area contributed by atoms with E-state index >= 15 is 0 Å². The van der Waals surface area contributed by atoms with E-state index in [-0.39, 0.29) is 6.61 Å². The van der Waals surface area contributed by atoms with Crippen LogP contribution in [-0.2, 0) is 6.61 Å². The third kappa shape index (κ3) is 3.09. The molecule has 5 heteroatoms. The summed E-state index contributed by atoms with van der Waals surface area (Å²) in [5.74, 6) is 0.942. The summed E-state index contributed by atoms with van der Waals surface area (Å²) in [5.41, 5.74) is 0.544. The molecule has 0 spiro atoms. The highest BCUT2D eigenvalue weighted by Crippen LogP contribution is 2.28. The molecule has 0 aliphatic rings. The van der Waals surface area contributed by atoms with Crippen molar-refractivity contribution in [3.8, 4) is 11.6 Å². The highest BCUT2D eigenvalue weighted by atomic mass is 35.5. The molecule has 3 nitrogen and oxygen atoms in total. The summed E-state index contributed by atoms with van der Waals surface area (Å²) in [6, 6.07) is 10.1. The number of benzene rings is 1. The number of nitrogens with zero attached hydrogens (tertiary/aromatic N) is 1. The van der Waals surface area contributed by atoms with Crippen LogP contribution in [0, 0.1) is 0 Å². The zero-order valence-electron chi connectivity index (χ0n) is 8.73. The van der Waals surface area contributed by atoms with Crippen LogP contribution in [0.2, 0.25) is 10.0 Å². The topological polar surface area (TPSA) is 42.4 Å². The zero-order valence-corrected chi connectivity index (χ0v) is 10.2. The van der Waals surface area contributed by atoms with Crippen molar-refractivity contribution in [1.29, 1.82) is 0 Å². The highest BCUT2D eigenvalue weighted by molar-refractivity contribution is 6.42. The van der Waals surface area contributed by atoms with Gasteiger partial charge in [0.05, 0.1) is 22.3 Å². The zero-order chi connectivity index (χ0) is 12.3. The Bertz CT molecular complexity index is 532. The maximum absolute atomic E-state index is 8.95. The normalized spacial score (nSPS) is 10.3. The Hall–Kier alpha value is -1.29. The number of pyridine rings is 1. The van der Waals surface area contributed by atoms with E-state index < -0.39 is 0 Å². The van der Waals surface area contributed by atoms with Crippen molar-refractivity contribution in [3.63, 3.8) is 0 Å². The summed E-state index contributed by atoms with van der Waals surface area (Å²) in [6.45, 7) is -0.126. The smallest absolute Gasteiger partial charge is 0.219 e. The molecule has 1 aromatic carbocycles. The van der Waals surface area contributed by atoms with E-state index in [1.165, 1.54) is 0 Å². The minimum atomic E-state index is -0.126. The van der Waals surface area contributed by atoms with E-state index in [1.54, 1.807) is 36.4 Å². The average molecular weight is 270 g/mol. The molecular weight excluding hydrogens is 261 g/mol. The molecule has 2 rings (SSSR count). The molecule has 0 fully saturated rings. The monoisotopic (exact) mass is 269 g/mol. The molecule has 88 valence electrons. The van der Waals surface area contributed by atoms with Crippen molar-refractivity contribution in [2.45, 2.75) is 6.61 Å². The predicted molar refractivity (Wildman–Crippen MR) is 66.7 cm³/mol. The van der Waals surface area contributed by atoms with Crippen LogP contribution in [0.1, 0.15) is 5.69 Å². The molecule has 1 N–H and O–H groups in total. The van der Waals surface area contributed by atoms with Crippen molar-refractivity contribution in [2.24, 2.45) is 0 Å². The minimum Gasteiger partial charge on any atom is -0.439 e. The maximum Gasteiger partial charge on any atom is 0.219 e. The van der Waals surface area contributed by atoms with E-state index in [0.29, 0.717) is 27.4 Å². The van der Waals surface area contributed by atoms with Gasteiger partial charge in [-0.1, -0.05) is 29.3 Å². The maximum atomic E-state index is 8.95. The van der Waals surface area contributed by atoms with Crippen LogP contribution < -0.4 is 4.74 Å². The fourth-order valence-electron chi connectivity index (χ4n) is 1.26. The number of ether oxygens (including phenoxy) is 1. The summed E-state index contributed by atoms with van der Waals surface area (Å²) in [6.07, 6.45) is 0. The van der Waals surface area contributed by atoms with Crippen molar-refractivity contribution in [3.05, 3.63) is 52.1 Å². The van der Waals surface area contributed by atoms with Gasteiger partial charge >= 0.3 is 0 Å². The number of halogens is 2. The lowest BCUT2D eigenvalue weighted by molar-refractivity contribution is 0.275.